The van der Waals surface area contributed by atoms with E-state index in [0.717, 1.165) is 24.7 Å². The molecule has 0 saturated heterocycles. The first-order valence-corrected chi connectivity index (χ1v) is 6.83. The summed E-state index contributed by atoms with van der Waals surface area (Å²) in [6, 6.07) is 0. The summed E-state index contributed by atoms with van der Waals surface area (Å²) < 4.78 is 0. The molecule has 0 amide bonds. The van der Waals surface area contributed by atoms with Gasteiger partial charge in [0.2, 0.25) is 0 Å². The van der Waals surface area contributed by atoms with E-state index in [1.807, 2.05) is 0 Å². The van der Waals surface area contributed by atoms with Gasteiger partial charge < -0.3 is 10.2 Å². The zero-order valence-corrected chi connectivity index (χ0v) is 10.9. The highest BCUT2D eigenvalue weighted by atomic mass is 16.3. The molecule has 0 aromatic carbocycles. The van der Waals surface area contributed by atoms with Crippen molar-refractivity contribution < 1.29 is 10.2 Å². The van der Waals surface area contributed by atoms with Crippen molar-refractivity contribution in [3.8, 4) is 0 Å². The molecule has 1 saturated carbocycles. The van der Waals surface area contributed by atoms with Crippen LogP contribution in [0.2, 0.25) is 0 Å². The van der Waals surface area contributed by atoms with Crippen molar-refractivity contribution in [3.63, 3.8) is 0 Å². The van der Waals surface area contributed by atoms with Gasteiger partial charge in [-0.25, -0.2) is 0 Å². The normalized spacial score (nSPS) is 21.6. The van der Waals surface area contributed by atoms with Gasteiger partial charge in [-0.3, -0.25) is 0 Å². The molecule has 1 rings (SSSR count). The smallest absolute Gasteiger partial charge is 0.0509 e. The van der Waals surface area contributed by atoms with E-state index in [0.29, 0.717) is 0 Å². The molecule has 2 N–H and O–H groups in total. The Hall–Kier alpha value is -0.0800. The molecule has 0 radical (unpaired) electrons. The molecule has 0 heterocycles. The second-order valence-electron chi connectivity index (χ2n) is 6.08. The van der Waals surface area contributed by atoms with Gasteiger partial charge in [0.25, 0.3) is 0 Å². The molecule has 2 nitrogen and oxygen atoms in total. The van der Waals surface area contributed by atoms with Crippen LogP contribution in [0.15, 0.2) is 0 Å². The quantitative estimate of drug-likeness (QED) is 0.733. The minimum absolute atomic E-state index is 0.155. The van der Waals surface area contributed by atoms with Gasteiger partial charge in [-0.15, -0.1) is 0 Å². The van der Waals surface area contributed by atoms with Crippen LogP contribution in [-0.4, -0.2) is 23.4 Å². The van der Waals surface area contributed by atoms with Gasteiger partial charge in [0.1, 0.15) is 0 Å². The maximum Gasteiger partial charge on any atom is 0.0509 e. The first kappa shape index (κ1) is 14.0. The van der Waals surface area contributed by atoms with Crippen LogP contribution in [0.1, 0.15) is 58.8 Å². The number of hydrogen-bond acceptors (Lipinski definition) is 2. The highest BCUT2D eigenvalue weighted by molar-refractivity contribution is 4.84. The molecule has 96 valence electrons. The van der Waals surface area contributed by atoms with Gasteiger partial charge in [-0.1, -0.05) is 33.1 Å². The lowest BCUT2D eigenvalue weighted by Crippen LogP contribution is -2.34. The predicted octanol–water partition coefficient (Wildman–Crippen LogP) is 2.97. The molecule has 0 bridgehead atoms. The molecule has 0 aromatic rings. The highest BCUT2D eigenvalue weighted by Crippen LogP contribution is 2.40. The Bertz CT molecular complexity index is 175. The summed E-state index contributed by atoms with van der Waals surface area (Å²) in [4.78, 5) is 0. The Morgan fingerprint density at radius 3 is 2.12 bits per heavy atom. The fourth-order valence-corrected chi connectivity index (χ4v) is 2.76. The summed E-state index contributed by atoms with van der Waals surface area (Å²) in [6.07, 6.45) is 8.41. The van der Waals surface area contributed by atoms with Gasteiger partial charge in [0.05, 0.1) is 13.2 Å². The van der Waals surface area contributed by atoms with E-state index in [-0.39, 0.29) is 18.6 Å². The SMILES string of the molecule is CC(C)CCCC1CCC(CO)(CO)CC1. The third-order valence-electron chi connectivity index (χ3n) is 4.23. The molecule has 1 aliphatic rings. The molecule has 1 fully saturated rings. The molecule has 0 aliphatic heterocycles. The number of rotatable bonds is 6. The Morgan fingerprint density at radius 2 is 1.69 bits per heavy atom. The van der Waals surface area contributed by atoms with E-state index in [2.05, 4.69) is 13.8 Å². The number of aliphatic hydroxyl groups excluding tert-OH is 2. The number of aliphatic hydroxyl groups is 2. The van der Waals surface area contributed by atoms with Crippen LogP contribution in [0, 0.1) is 17.3 Å². The largest absolute Gasteiger partial charge is 0.396 e. The van der Waals surface area contributed by atoms with Crippen molar-refractivity contribution in [1.82, 2.24) is 0 Å². The Balaban J connectivity index is 2.21. The molecule has 0 atom stereocenters. The zero-order chi connectivity index (χ0) is 12.0. The van der Waals surface area contributed by atoms with Gasteiger partial charge in [0, 0.05) is 5.41 Å². The maximum atomic E-state index is 9.32. The van der Waals surface area contributed by atoms with Crippen LogP contribution in [0.25, 0.3) is 0 Å². The monoisotopic (exact) mass is 228 g/mol. The maximum absolute atomic E-state index is 9.32. The molecular weight excluding hydrogens is 200 g/mol. The van der Waals surface area contributed by atoms with Crippen LogP contribution in [-0.2, 0) is 0 Å². The number of hydrogen-bond donors (Lipinski definition) is 2. The Morgan fingerprint density at radius 1 is 1.12 bits per heavy atom. The van der Waals surface area contributed by atoms with Crippen molar-refractivity contribution in [1.29, 1.82) is 0 Å². The third kappa shape index (κ3) is 4.06. The van der Waals surface area contributed by atoms with Crippen LogP contribution in [0.4, 0.5) is 0 Å². The van der Waals surface area contributed by atoms with Crippen LogP contribution >= 0.6 is 0 Å². The fourth-order valence-electron chi connectivity index (χ4n) is 2.76. The van der Waals surface area contributed by atoms with Crippen LogP contribution in [0.3, 0.4) is 0 Å². The first-order valence-electron chi connectivity index (χ1n) is 6.83. The van der Waals surface area contributed by atoms with Crippen molar-refractivity contribution >= 4 is 0 Å². The highest BCUT2D eigenvalue weighted by Gasteiger charge is 2.33. The lowest BCUT2D eigenvalue weighted by atomic mass is 9.70. The van der Waals surface area contributed by atoms with E-state index >= 15 is 0 Å². The standard InChI is InChI=1S/C14H28O2/c1-12(2)4-3-5-13-6-8-14(10-15,11-16)9-7-13/h12-13,15-16H,3-11H2,1-2H3. The van der Waals surface area contributed by atoms with E-state index in [9.17, 15) is 10.2 Å². The molecule has 0 unspecified atom stereocenters. The molecule has 0 spiro atoms. The minimum Gasteiger partial charge on any atom is -0.396 e. The second kappa shape index (κ2) is 6.61. The van der Waals surface area contributed by atoms with Crippen molar-refractivity contribution in [2.24, 2.45) is 17.3 Å². The average molecular weight is 228 g/mol. The summed E-state index contributed by atoms with van der Waals surface area (Å²) >= 11 is 0. The fraction of sp³-hybridized carbons (Fsp3) is 1.00. The average Bonchev–Trinajstić information content (AvgIpc) is 2.30. The lowest BCUT2D eigenvalue weighted by molar-refractivity contribution is 0.00957. The third-order valence-corrected chi connectivity index (χ3v) is 4.23. The molecular formula is C14H28O2. The second-order valence-corrected chi connectivity index (χ2v) is 6.08. The Labute approximate surface area is 100 Å². The van der Waals surface area contributed by atoms with E-state index < -0.39 is 0 Å². The topological polar surface area (TPSA) is 40.5 Å². The lowest BCUT2D eigenvalue weighted by Gasteiger charge is -2.37. The molecule has 1 aliphatic carbocycles. The van der Waals surface area contributed by atoms with Crippen molar-refractivity contribution in [2.75, 3.05) is 13.2 Å². The van der Waals surface area contributed by atoms with Crippen molar-refractivity contribution in [2.45, 2.75) is 58.8 Å². The van der Waals surface area contributed by atoms with Gasteiger partial charge >= 0.3 is 0 Å². The predicted molar refractivity (Wildman–Crippen MR) is 67.3 cm³/mol. The summed E-state index contributed by atoms with van der Waals surface area (Å²) in [5.41, 5.74) is -0.158. The first-order chi connectivity index (χ1) is 7.62. The Kier molecular flexibility index (Phi) is 5.77. The van der Waals surface area contributed by atoms with Gasteiger partial charge in [-0.2, -0.15) is 0 Å². The van der Waals surface area contributed by atoms with Crippen molar-refractivity contribution in [3.05, 3.63) is 0 Å². The summed E-state index contributed by atoms with van der Waals surface area (Å²) in [5.74, 6) is 1.66. The summed E-state index contributed by atoms with van der Waals surface area (Å²) in [7, 11) is 0. The molecule has 16 heavy (non-hydrogen) atoms. The zero-order valence-electron chi connectivity index (χ0n) is 10.9. The minimum atomic E-state index is -0.158. The van der Waals surface area contributed by atoms with Crippen LogP contribution in [0.5, 0.6) is 0 Å². The van der Waals surface area contributed by atoms with Crippen LogP contribution < -0.4 is 0 Å². The summed E-state index contributed by atoms with van der Waals surface area (Å²) in [5, 5.41) is 18.6. The molecule has 0 aromatic heterocycles. The van der Waals surface area contributed by atoms with Gasteiger partial charge in [-0.05, 0) is 37.5 Å². The van der Waals surface area contributed by atoms with E-state index in [1.165, 1.54) is 32.1 Å². The summed E-state index contributed by atoms with van der Waals surface area (Å²) in [6.45, 7) is 4.87. The van der Waals surface area contributed by atoms with Gasteiger partial charge in [0.15, 0.2) is 0 Å². The molecule has 2 heteroatoms. The van der Waals surface area contributed by atoms with E-state index in [4.69, 9.17) is 0 Å². The van der Waals surface area contributed by atoms with E-state index in [1.54, 1.807) is 0 Å².